The Morgan fingerprint density at radius 3 is 2.80 bits per heavy atom. The number of amides is 1. The standard InChI is InChI=1S/C22H27FN6O/c23-16-5-8-29(13-16)22(30)20-10-17(12-25-20)28-6-3-15(4-7-28)21-26-18-2-1-14(11-24)9-19(18)27-21/h1-2,9,15-17,20,25H,3-8,10,12-13H2,(H,26,27)/t16?,17-,20-/m0/s1. The number of carbonyl (C=O) groups is 1. The highest BCUT2D eigenvalue weighted by Gasteiger charge is 2.38. The Morgan fingerprint density at radius 1 is 1.23 bits per heavy atom. The van der Waals surface area contributed by atoms with Gasteiger partial charge in [0.2, 0.25) is 5.91 Å². The van der Waals surface area contributed by atoms with Gasteiger partial charge in [-0.15, -0.1) is 0 Å². The van der Waals surface area contributed by atoms with Gasteiger partial charge in [-0.1, -0.05) is 0 Å². The van der Waals surface area contributed by atoms with Crippen LogP contribution in [0.3, 0.4) is 0 Å². The topological polar surface area (TPSA) is 88.1 Å². The number of likely N-dealkylation sites (tertiary alicyclic amines) is 2. The minimum Gasteiger partial charge on any atom is -0.342 e. The van der Waals surface area contributed by atoms with Crippen LogP contribution in [-0.4, -0.2) is 76.7 Å². The maximum absolute atomic E-state index is 13.4. The van der Waals surface area contributed by atoms with Crippen LogP contribution >= 0.6 is 0 Å². The third-order valence-corrected chi connectivity index (χ3v) is 6.91. The maximum atomic E-state index is 13.4. The molecule has 3 aliphatic heterocycles. The van der Waals surface area contributed by atoms with Gasteiger partial charge in [-0.3, -0.25) is 9.69 Å². The third kappa shape index (κ3) is 3.68. The summed E-state index contributed by atoms with van der Waals surface area (Å²) in [6.07, 6.45) is 2.45. The predicted molar refractivity (Wildman–Crippen MR) is 111 cm³/mol. The summed E-state index contributed by atoms with van der Waals surface area (Å²) in [7, 11) is 0. The van der Waals surface area contributed by atoms with Crippen molar-refractivity contribution < 1.29 is 9.18 Å². The summed E-state index contributed by atoms with van der Waals surface area (Å²) < 4.78 is 13.4. The van der Waals surface area contributed by atoms with E-state index in [2.05, 4.69) is 21.3 Å². The number of hydrogen-bond donors (Lipinski definition) is 2. The first-order chi connectivity index (χ1) is 14.6. The number of aromatic nitrogens is 2. The zero-order valence-electron chi connectivity index (χ0n) is 17.0. The largest absolute Gasteiger partial charge is 0.342 e. The molecule has 1 unspecified atom stereocenters. The van der Waals surface area contributed by atoms with E-state index in [9.17, 15) is 9.18 Å². The molecule has 2 aromatic rings. The highest BCUT2D eigenvalue weighted by Crippen LogP contribution is 2.30. The summed E-state index contributed by atoms with van der Waals surface area (Å²) in [6, 6.07) is 7.91. The van der Waals surface area contributed by atoms with Crippen molar-refractivity contribution in [1.29, 1.82) is 5.26 Å². The van der Waals surface area contributed by atoms with Crippen LogP contribution in [0, 0.1) is 11.3 Å². The second kappa shape index (κ2) is 7.97. The molecular formula is C22H27FN6O. The number of piperidine rings is 1. The van der Waals surface area contributed by atoms with Crippen molar-refractivity contribution in [3.63, 3.8) is 0 Å². The fourth-order valence-corrected chi connectivity index (χ4v) is 5.15. The fraction of sp³-hybridized carbons (Fsp3) is 0.591. The van der Waals surface area contributed by atoms with Crippen LogP contribution in [0.4, 0.5) is 4.39 Å². The highest BCUT2D eigenvalue weighted by atomic mass is 19.1. The number of aromatic amines is 1. The summed E-state index contributed by atoms with van der Waals surface area (Å²) >= 11 is 0. The molecule has 0 bridgehead atoms. The van der Waals surface area contributed by atoms with E-state index in [1.54, 1.807) is 11.0 Å². The lowest BCUT2D eigenvalue weighted by atomic mass is 9.94. The summed E-state index contributed by atoms with van der Waals surface area (Å²) in [5, 5.41) is 12.4. The van der Waals surface area contributed by atoms with E-state index in [4.69, 9.17) is 10.2 Å². The molecule has 3 fully saturated rings. The Morgan fingerprint density at radius 2 is 2.07 bits per heavy atom. The number of benzene rings is 1. The van der Waals surface area contributed by atoms with Crippen LogP contribution in [0.25, 0.3) is 11.0 Å². The van der Waals surface area contributed by atoms with Gasteiger partial charge in [0.05, 0.1) is 35.3 Å². The number of H-pyrrole nitrogens is 1. The number of hydrogen-bond acceptors (Lipinski definition) is 5. The lowest BCUT2D eigenvalue weighted by Crippen LogP contribution is -2.43. The minimum atomic E-state index is -0.866. The Balaban J connectivity index is 1.17. The molecule has 2 N–H and O–H groups in total. The zero-order valence-corrected chi connectivity index (χ0v) is 17.0. The van der Waals surface area contributed by atoms with E-state index in [0.717, 1.165) is 55.8 Å². The summed E-state index contributed by atoms with van der Waals surface area (Å²) in [5.74, 6) is 1.45. The molecule has 0 spiro atoms. The summed E-state index contributed by atoms with van der Waals surface area (Å²) in [5.41, 5.74) is 2.47. The number of imidazole rings is 1. The molecular weight excluding hydrogens is 383 g/mol. The van der Waals surface area contributed by atoms with Gasteiger partial charge < -0.3 is 15.2 Å². The summed E-state index contributed by atoms with van der Waals surface area (Å²) in [6.45, 7) is 3.57. The van der Waals surface area contributed by atoms with Crippen LogP contribution in [-0.2, 0) is 4.79 Å². The molecule has 5 rings (SSSR count). The van der Waals surface area contributed by atoms with Gasteiger partial charge in [0.25, 0.3) is 0 Å². The average molecular weight is 410 g/mol. The zero-order chi connectivity index (χ0) is 20.7. The molecule has 30 heavy (non-hydrogen) atoms. The molecule has 158 valence electrons. The van der Waals surface area contributed by atoms with Crippen LogP contribution in [0.5, 0.6) is 0 Å². The average Bonchev–Trinajstić information content (AvgIpc) is 3.52. The number of carbonyl (C=O) groups excluding carboxylic acids is 1. The van der Waals surface area contributed by atoms with Crippen LogP contribution in [0.1, 0.15) is 43.0 Å². The van der Waals surface area contributed by atoms with E-state index in [1.165, 1.54) is 0 Å². The third-order valence-electron chi connectivity index (χ3n) is 6.91. The van der Waals surface area contributed by atoms with E-state index in [-0.39, 0.29) is 18.5 Å². The lowest BCUT2D eigenvalue weighted by Gasteiger charge is -2.35. The first-order valence-electron chi connectivity index (χ1n) is 10.9. The number of nitriles is 1. The molecule has 7 nitrogen and oxygen atoms in total. The van der Waals surface area contributed by atoms with Crippen LogP contribution in [0.2, 0.25) is 0 Å². The van der Waals surface area contributed by atoms with Gasteiger partial charge in [-0.2, -0.15) is 5.26 Å². The molecule has 3 aliphatic rings. The molecule has 1 aromatic heterocycles. The monoisotopic (exact) mass is 410 g/mol. The molecule has 8 heteroatoms. The number of alkyl halides is 1. The van der Waals surface area contributed by atoms with Crippen molar-refractivity contribution in [2.45, 2.75) is 49.9 Å². The Hall–Kier alpha value is -2.50. The van der Waals surface area contributed by atoms with Gasteiger partial charge in [0.1, 0.15) is 12.0 Å². The van der Waals surface area contributed by atoms with Crippen LogP contribution in [0.15, 0.2) is 18.2 Å². The molecule has 0 saturated carbocycles. The number of nitrogens with one attached hydrogen (secondary N) is 2. The number of rotatable bonds is 3. The van der Waals surface area contributed by atoms with Gasteiger partial charge in [-0.05, 0) is 57.0 Å². The van der Waals surface area contributed by atoms with Crippen molar-refractivity contribution >= 4 is 16.9 Å². The molecule has 0 radical (unpaired) electrons. The molecule has 3 atom stereocenters. The summed E-state index contributed by atoms with van der Waals surface area (Å²) in [4.78, 5) is 24.9. The Bertz CT molecular complexity index is 976. The second-order valence-corrected chi connectivity index (χ2v) is 8.80. The van der Waals surface area contributed by atoms with Crippen molar-refractivity contribution in [3.05, 3.63) is 29.6 Å². The van der Waals surface area contributed by atoms with Crippen molar-refractivity contribution in [2.24, 2.45) is 0 Å². The quantitative estimate of drug-likeness (QED) is 0.807. The number of fused-ring (bicyclic) bond motifs is 1. The normalized spacial score (nSPS) is 28.3. The van der Waals surface area contributed by atoms with E-state index < -0.39 is 6.17 Å². The molecule has 0 aliphatic carbocycles. The molecule has 1 amide bonds. The van der Waals surface area contributed by atoms with Crippen molar-refractivity contribution in [2.75, 3.05) is 32.7 Å². The predicted octanol–water partition coefficient (Wildman–Crippen LogP) is 1.91. The first kappa shape index (κ1) is 19.5. The van der Waals surface area contributed by atoms with Gasteiger partial charge >= 0.3 is 0 Å². The van der Waals surface area contributed by atoms with Crippen molar-refractivity contribution in [1.82, 2.24) is 25.1 Å². The smallest absolute Gasteiger partial charge is 0.239 e. The van der Waals surface area contributed by atoms with E-state index in [1.807, 2.05) is 12.1 Å². The van der Waals surface area contributed by atoms with E-state index >= 15 is 0 Å². The lowest BCUT2D eigenvalue weighted by molar-refractivity contribution is -0.132. The first-order valence-corrected chi connectivity index (χ1v) is 10.9. The fourth-order valence-electron chi connectivity index (χ4n) is 5.15. The Kier molecular flexibility index (Phi) is 5.17. The second-order valence-electron chi connectivity index (χ2n) is 8.80. The Labute approximate surface area is 175 Å². The van der Waals surface area contributed by atoms with Crippen molar-refractivity contribution in [3.8, 4) is 6.07 Å². The number of nitrogens with zero attached hydrogens (tertiary/aromatic N) is 4. The van der Waals surface area contributed by atoms with Gasteiger partial charge in [0.15, 0.2) is 0 Å². The van der Waals surface area contributed by atoms with Gasteiger partial charge in [-0.25, -0.2) is 9.37 Å². The SMILES string of the molecule is N#Cc1ccc2nc(C3CCN([C@@H]4CN[C@H](C(=O)N5CCC(F)C5)C4)CC3)[nH]c2c1. The minimum absolute atomic E-state index is 0.0616. The van der Waals surface area contributed by atoms with Crippen LogP contribution < -0.4 is 5.32 Å². The maximum Gasteiger partial charge on any atom is 0.239 e. The van der Waals surface area contributed by atoms with Gasteiger partial charge in [0, 0.05) is 25.0 Å². The highest BCUT2D eigenvalue weighted by molar-refractivity contribution is 5.82. The number of halogens is 1. The molecule has 4 heterocycles. The van der Waals surface area contributed by atoms with E-state index in [0.29, 0.717) is 30.5 Å². The molecule has 1 aromatic carbocycles. The molecule has 3 saturated heterocycles.